The van der Waals surface area contributed by atoms with Crippen molar-refractivity contribution in [2.75, 3.05) is 0 Å². The Labute approximate surface area is 61.2 Å². The fraction of sp³-hybridized carbons (Fsp3) is 0.875. The molecule has 1 aliphatic carbocycles. The van der Waals surface area contributed by atoms with Crippen LogP contribution in [0.3, 0.4) is 0 Å². The van der Waals surface area contributed by atoms with Gasteiger partial charge in [-0.1, -0.05) is 6.92 Å². The topological polar surface area (TPSA) is 37.3 Å². The molecule has 10 heavy (non-hydrogen) atoms. The summed E-state index contributed by atoms with van der Waals surface area (Å²) in [6.07, 6.45) is 3.23. The van der Waals surface area contributed by atoms with E-state index in [4.69, 9.17) is 0 Å². The van der Waals surface area contributed by atoms with Crippen LogP contribution in [0.1, 0.15) is 26.2 Å². The standard InChI is InChI=1S/C8H14O2/c1-6-2-7(5-9)4-8(10)3-6/h5-8,10H,2-4H2,1H3/t6-,7+,8-/m0/s1. The number of aldehydes is 1. The first-order valence-corrected chi connectivity index (χ1v) is 3.85. The molecule has 0 bridgehead atoms. The van der Waals surface area contributed by atoms with E-state index in [1.807, 2.05) is 0 Å². The van der Waals surface area contributed by atoms with Crippen molar-refractivity contribution < 1.29 is 9.90 Å². The van der Waals surface area contributed by atoms with E-state index in [2.05, 4.69) is 6.92 Å². The number of aliphatic hydroxyl groups is 1. The van der Waals surface area contributed by atoms with Crippen LogP contribution in [0.4, 0.5) is 0 Å². The average molecular weight is 142 g/mol. The molecule has 2 nitrogen and oxygen atoms in total. The molecule has 1 N–H and O–H groups in total. The van der Waals surface area contributed by atoms with Gasteiger partial charge in [-0.05, 0) is 25.2 Å². The Morgan fingerprint density at radius 1 is 1.40 bits per heavy atom. The van der Waals surface area contributed by atoms with Crippen molar-refractivity contribution in [2.45, 2.75) is 32.3 Å². The Balaban J connectivity index is 2.42. The SMILES string of the molecule is C[C@@H]1C[C@H](O)C[C@H](C=O)C1. The van der Waals surface area contributed by atoms with Gasteiger partial charge in [0.2, 0.25) is 0 Å². The molecule has 0 heterocycles. The summed E-state index contributed by atoms with van der Waals surface area (Å²) < 4.78 is 0. The fourth-order valence-corrected chi connectivity index (χ4v) is 1.73. The maximum atomic E-state index is 10.3. The third kappa shape index (κ3) is 1.81. The quantitative estimate of drug-likeness (QED) is 0.554. The lowest BCUT2D eigenvalue weighted by Crippen LogP contribution is -2.25. The zero-order valence-electron chi connectivity index (χ0n) is 6.29. The predicted molar refractivity (Wildman–Crippen MR) is 38.6 cm³/mol. The Kier molecular flexibility index (Phi) is 2.44. The van der Waals surface area contributed by atoms with Crippen LogP contribution in [0.2, 0.25) is 0 Å². The predicted octanol–water partition coefficient (Wildman–Crippen LogP) is 0.982. The number of hydrogen-bond donors (Lipinski definition) is 1. The second-order valence-corrected chi connectivity index (χ2v) is 3.36. The minimum Gasteiger partial charge on any atom is -0.393 e. The van der Waals surface area contributed by atoms with Gasteiger partial charge in [-0.25, -0.2) is 0 Å². The number of carbonyl (C=O) groups excluding carboxylic acids is 1. The normalized spacial score (nSPS) is 41.2. The summed E-state index contributed by atoms with van der Waals surface area (Å²) in [5.41, 5.74) is 0. The van der Waals surface area contributed by atoms with E-state index in [1.165, 1.54) is 0 Å². The lowest BCUT2D eigenvalue weighted by atomic mass is 9.82. The van der Waals surface area contributed by atoms with Crippen LogP contribution in [0, 0.1) is 11.8 Å². The van der Waals surface area contributed by atoms with Crippen LogP contribution in [0.25, 0.3) is 0 Å². The minimum atomic E-state index is -0.237. The zero-order valence-corrected chi connectivity index (χ0v) is 6.29. The van der Waals surface area contributed by atoms with E-state index in [0.29, 0.717) is 12.3 Å². The van der Waals surface area contributed by atoms with Gasteiger partial charge >= 0.3 is 0 Å². The summed E-state index contributed by atoms with van der Waals surface area (Å²) in [6.45, 7) is 2.08. The summed E-state index contributed by atoms with van der Waals surface area (Å²) >= 11 is 0. The minimum absolute atomic E-state index is 0.110. The maximum absolute atomic E-state index is 10.3. The number of carbonyl (C=O) groups is 1. The highest BCUT2D eigenvalue weighted by molar-refractivity contribution is 5.53. The van der Waals surface area contributed by atoms with Gasteiger partial charge in [0.25, 0.3) is 0 Å². The fourth-order valence-electron chi connectivity index (χ4n) is 1.73. The van der Waals surface area contributed by atoms with Crippen LogP contribution in [-0.4, -0.2) is 17.5 Å². The van der Waals surface area contributed by atoms with Crippen molar-refractivity contribution in [2.24, 2.45) is 11.8 Å². The summed E-state index contributed by atoms with van der Waals surface area (Å²) in [6, 6.07) is 0. The molecule has 1 saturated carbocycles. The maximum Gasteiger partial charge on any atom is 0.123 e. The van der Waals surface area contributed by atoms with Gasteiger partial charge in [-0.3, -0.25) is 0 Å². The van der Waals surface area contributed by atoms with E-state index in [1.54, 1.807) is 0 Å². The van der Waals surface area contributed by atoms with Crippen molar-refractivity contribution in [3.63, 3.8) is 0 Å². The molecule has 1 fully saturated rings. The lowest BCUT2D eigenvalue weighted by Gasteiger charge is -2.26. The Morgan fingerprint density at radius 2 is 2.10 bits per heavy atom. The van der Waals surface area contributed by atoms with Crippen LogP contribution >= 0.6 is 0 Å². The zero-order chi connectivity index (χ0) is 7.56. The molecular weight excluding hydrogens is 128 g/mol. The van der Waals surface area contributed by atoms with Crippen molar-refractivity contribution >= 4 is 6.29 Å². The van der Waals surface area contributed by atoms with Crippen LogP contribution < -0.4 is 0 Å². The molecule has 0 amide bonds. The van der Waals surface area contributed by atoms with Gasteiger partial charge in [0.05, 0.1) is 6.10 Å². The van der Waals surface area contributed by atoms with Gasteiger partial charge < -0.3 is 9.90 Å². The molecule has 2 heteroatoms. The average Bonchev–Trinajstić information content (AvgIpc) is 1.85. The summed E-state index contributed by atoms with van der Waals surface area (Å²) in [5, 5.41) is 9.22. The van der Waals surface area contributed by atoms with Crippen LogP contribution in [0.15, 0.2) is 0 Å². The van der Waals surface area contributed by atoms with Gasteiger partial charge in [0.15, 0.2) is 0 Å². The molecule has 0 aromatic rings. The van der Waals surface area contributed by atoms with Crippen molar-refractivity contribution in [3.05, 3.63) is 0 Å². The molecule has 0 spiro atoms. The first kappa shape index (κ1) is 7.73. The molecule has 0 aromatic heterocycles. The Morgan fingerprint density at radius 3 is 2.60 bits per heavy atom. The molecule has 0 aromatic carbocycles. The van der Waals surface area contributed by atoms with Crippen molar-refractivity contribution in [3.8, 4) is 0 Å². The highest BCUT2D eigenvalue weighted by Gasteiger charge is 2.24. The molecule has 0 unspecified atom stereocenters. The van der Waals surface area contributed by atoms with Crippen molar-refractivity contribution in [1.29, 1.82) is 0 Å². The summed E-state index contributed by atoms with van der Waals surface area (Å²) in [4.78, 5) is 10.3. The first-order valence-electron chi connectivity index (χ1n) is 3.85. The molecule has 0 aliphatic heterocycles. The van der Waals surface area contributed by atoms with Gasteiger partial charge in [0.1, 0.15) is 6.29 Å². The van der Waals surface area contributed by atoms with Crippen LogP contribution in [0.5, 0.6) is 0 Å². The van der Waals surface area contributed by atoms with Gasteiger partial charge in [-0.2, -0.15) is 0 Å². The molecule has 0 saturated heterocycles. The van der Waals surface area contributed by atoms with E-state index >= 15 is 0 Å². The van der Waals surface area contributed by atoms with E-state index in [9.17, 15) is 9.90 Å². The molecule has 3 atom stereocenters. The Hall–Kier alpha value is -0.370. The highest BCUT2D eigenvalue weighted by Crippen LogP contribution is 2.27. The second kappa shape index (κ2) is 3.15. The number of hydrogen-bond acceptors (Lipinski definition) is 2. The van der Waals surface area contributed by atoms with Gasteiger partial charge in [0, 0.05) is 5.92 Å². The van der Waals surface area contributed by atoms with Crippen molar-refractivity contribution in [1.82, 2.24) is 0 Å². The smallest absolute Gasteiger partial charge is 0.123 e. The summed E-state index contributed by atoms with van der Waals surface area (Å²) in [7, 11) is 0. The molecule has 1 aliphatic rings. The van der Waals surface area contributed by atoms with E-state index < -0.39 is 0 Å². The summed E-state index contributed by atoms with van der Waals surface area (Å²) in [5.74, 6) is 0.623. The number of rotatable bonds is 1. The Bertz CT molecular complexity index is 112. The molecular formula is C8H14O2. The molecule has 58 valence electrons. The lowest BCUT2D eigenvalue weighted by molar-refractivity contribution is -0.113. The number of aliphatic hydroxyl groups excluding tert-OH is 1. The third-order valence-corrected chi connectivity index (χ3v) is 2.15. The second-order valence-electron chi connectivity index (χ2n) is 3.36. The van der Waals surface area contributed by atoms with E-state index in [-0.39, 0.29) is 12.0 Å². The molecule has 0 radical (unpaired) electrons. The highest BCUT2D eigenvalue weighted by atomic mass is 16.3. The van der Waals surface area contributed by atoms with Crippen LogP contribution in [-0.2, 0) is 4.79 Å². The first-order chi connectivity index (χ1) is 4.72. The molecule has 1 rings (SSSR count). The third-order valence-electron chi connectivity index (χ3n) is 2.15. The van der Waals surface area contributed by atoms with E-state index in [0.717, 1.165) is 19.1 Å². The monoisotopic (exact) mass is 142 g/mol. The van der Waals surface area contributed by atoms with Gasteiger partial charge in [-0.15, -0.1) is 0 Å². The largest absolute Gasteiger partial charge is 0.393 e.